The van der Waals surface area contributed by atoms with E-state index in [1.165, 1.54) is 0 Å². The Labute approximate surface area is 84.0 Å². The minimum absolute atomic E-state index is 0.266. The first kappa shape index (κ1) is 10.9. The Bertz CT molecular complexity index is 381. The SMILES string of the molecule is C=CCc1c(CCCCC)c(=O)c1=O. The van der Waals surface area contributed by atoms with Gasteiger partial charge in [0.1, 0.15) is 0 Å². The molecule has 0 aliphatic heterocycles. The van der Waals surface area contributed by atoms with Gasteiger partial charge in [0.05, 0.1) is 0 Å². The second-order valence-electron chi connectivity index (χ2n) is 3.57. The van der Waals surface area contributed by atoms with Gasteiger partial charge in [-0.3, -0.25) is 9.59 Å². The first-order chi connectivity index (χ1) is 6.72. The van der Waals surface area contributed by atoms with Crippen LogP contribution in [0.25, 0.3) is 0 Å². The molecule has 0 spiro atoms. The van der Waals surface area contributed by atoms with Gasteiger partial charge in [-0.1, -0.05) is 25.8 Å². The van der Waals surface area contributed by atoms with Crippen LogP contribution in [0.1, 0.15) is 37.3 Å². The van der Waals surface area contributed by atoms with Crippen molar-refractivity contribution in [2.45, 2.75) is 39.0 Å². The lowest BCUT2D eigenvalue weighted by Crippen LogP contribution is -2.39. The Hall–Kier alpha value is -1.18. The number of unbranched alkanes of at least 4 members (excludes halogenated alkanes) is 2. The molecular weight excluding hydrogens is 176 g/mol. The summed E-state index contributed by atoms with van der Waals surface area (Å²) in [5, 5.41) is 0. The van der Waals surface area contributed by atoms with Gasteiger partial charge in [0.2, 0.25) is 10.9 Å². The van der Waals surface area contributed by atoms with E-state index >= 15 is 0 Å². The molecule has 2 nitrogen and oxygen atoms in total. The minimum Gasteiger partial charge on any atom is -0.285 e. The second kappa shape index (κ2) is 4.89. The molecule has 0 saturated carbocycles. The van der Waals surface area contributed by atoms with Crippen LogP contribution in [0.5, 0.6) is 0 Å². The molecule has 0 amide bonds. The Morgan fingerprint density at radius 1 is 1.14 bits per heavy atom. The topological polar surface area (TPSA) is 34.1 Å². The summed E-state index contributed by atoms with van der Waals surface area (Å²) in [4.78, 5) is 22.3. The lowest BCUT2D eigenvalue weighted by atomic mass is 9.93. The molecule has 0 heterocycles. The van der Waals surface area contributed by atoms with Gasteiger partial charge in [0.25, 0.3) is 0 Å². The fourth-order valence-electron chi connectivity index (χ4n) is 1.66. The normalized spacial score (nSPS) is 10.6. The smallest absolute Gasteiger partial charge is 0.229 e. The molecule has 1 aromatic rings. The van der Waals surface area contributed by atoms with Crippen molar-refractivity contribution in [2.75, 3.05) is 0 Å². The van der Waals surface area contributed by atoms with Gasteiger partial charge in [-0.05, 0) is 19.3 Å². The Morgan fingerprint density at radius 2 is 1.79 bits per heavy atom. The van der Waals surface area contributed by atoms with Gasteiger partial charge in [0.15, 0.2) is 0 Å². The molecule has 1 rings (SSSR count). The zero-order valence-electron chi connectivity index (χ0n) is 8.64. The average Bonchev–Trinajstić information content (AvgIpc) is 2.21. The van der Waals surface area contributed by atoms with Gasteiger partial charge in [-0.25, -0.2) is 0 Å². The summed E-state index contributed by atoms with van der Waals surface area (Å²) in [6, 6.07) is 0. The molecule has 76 valence electrons. The standard InChI is InChI=1S/C12H16O2/c1-3-5-6-8-10-9(7-4-2)11(13)12(10)14/h4H,2-3,5-8H2,1H3. The van der Waals surface area contributed by atoms with Crippen LogP contribution < -0.4 is 10.9 Å². The molecule has 0 fully saturated rings. The zero-order chi connectivity index (χ0) is 10.6. The fraction of sp³-hybridized carbons (Fsp3) is 0.500. The van der Waals surface area contributed by atoms with E-state index in [1.807, 2.05) is 0 Å². The Kier molecular flexibility index (Phi) is 3.81. The van der Waals surface area contributed by atoms with Crippen LogP contribution in [0.3, 0.4) is 0 Å². The summed E-state index contributed by atoms with van der Waals surface area (Å²) in [6.45, 7) is 5.69. The molecule has 0 unspecified atom stereocenters. The molecule has 0 aliphatic rings. The van der Waals surface area contributed by atoms with Crippen LogP contribution in [0.2, 0.25) is 0 Å². The first-order valence-corrected chi connectivity index (χ1v) is 5.14. The largest absolute Gasteiger partial charge is 0.285 e. The Balaban J connectivity index is 2.67. The molecule has 0 bridgehead atoms. The third kappa shape index (κ3) is 2.00. The molecule has 0 radical (unpaired) electrons. The van der Waals surface area contributed by atoms with Gasteiger partial charge in [-0.2, -0.15) is 0 Å². The van der Waals surface area contributed by atoms with Gasteiger partial charge >= 0.3 is 0 Å². The number of rotatable bonds is 6. The highest BCUT2D eigenvalue weighted by Crippen LogP contribution is 2.08. The molecule has 0 aromatic heterocycles. The Morgan fingerprint density at radius 3 is 2.36 bits per heavy atom. The van der Waals surface area contributed by atoms with E-state index in [4.69, 9.17) is 0 Å². The van der Waals surface area contributed by atoms with Crippen molar-refractivity contribution < 1.29 is 0 Å². The number of hydrogen-bond acceptors (Lipinski definition) is 2. The van der Waals surface area contributed by atoms with E-state index in [0.29, 0.717) is 12.0 Å². The fourth-order valence-corrected chi connectivity index (χ4v) is 1.66. The summed E-state index contributed by atoms with van der Waals surface area (Å²) in [5.41, 5.74) is 0.888. The van der Waals surface area contributed by atoms with Crippen molar-refractivity contribution >= 4 is 0 Å². The van der Waals surface area contributed by atoms with E-state index in [-0.39, 0.29) is 10.9 Å². The quantitative estimate of drug-likeness (QED) is 0.391. The van der Waals surface area contributed by atoms with E-state index < -0.39 is 0 Å². The highest BCUT2D eigenvalue weighted by atomic mass is 16.2. The van der Waals surface area contributed by atoms with Crippen molar-refractivity contribution in [1.29, 1.82) is 0 Å². The molecule has 2 heteroatoms. The monoisotopic (exact) mass is 192 g/mol. The zero-order valence-corrected chi connectivity index (χ0v) is 8.64. The maximum absolute atomic E-state index is 11.2. The van der Waals surface area contributed by atoms with E-state index in [0.717, 1.165) is 31.2 Å². The third-order valence-corrected chi connectivity index (χ3v) is 2.50. The van der Waals surface area contributed by atoms with E-state index in [1.54, 1.807) is 6.08 Å². The van der Waals surface area contributed by atoms with Gasteiger partial charge in [0, 0.05) is 11.1 Å². The van der Waals surface area contributed by atoms with Crippen LogP contribution in [-0.4, -0.2) is 0 Å². The van der Waals surface area contributed by atoms with Gasteiger partial charge in [-0.15, -0.1) is 6.58 Å². The highest BCUT2D eigenvalue weighted by molar-refractivity contribution is 5.34. The third-order valence-electron chi connectivity index (χ3n) is 2.50. The molecule has 0 aliphatic carbocycles. The summed E-state index contributed by atoms with van der Waals surface area (Å²) >= 11 is 0. The lowest BCUT2D eigenvalue weighted by Gasteiger charge is -2.08. The summed E-state index contributed by atoms with van der Waals surface area (Å²) in [7, 11) is 0. The van der Waals surface area contributed by atoms with E-state index in [2.05, 4.69) is 13.5 Å². The van der Waals surface area contributed by atoms with Crippen LogP contribution in [0, 0.1) is 0 Å². The molecule has 0 saturated heterocycles. The first-order valence-electron chi connectivity index (χ1n) is 5.14. The van der Waals surface area contributed by atoms with Gasteiger partial charge < -0.3 is 0 Å². The van der Waals surface area contributed by atoms with E-state index in [9.17, 15) is 9.59 Å². The summed E-state index contributed by atoms with van der Waals surface area (Å²) in [5.74, 6) is 0. The number of allylic oxidation sites excluding steroid dienone is 1. The van der Waals surface area contributed by atoms with Crippen molar-refractivity contribution in [1.82, 2.24) is 0 Å². The minimum atomic E-state index is -0.295. The molecule has 0 atom stereocenters. The number of hydrogen-bond donors (Lipinski definition) is 0. The van der Waals surface area contributed by atoms with Crippen LogP contribution in [-0.2, 0) is 12.8 Å². The van der Waals surface area contributed by atoms with Crippen molar-refractivity contribution in [3.05, 3.63) is 44.2 Å². The predicted octanol–water partition coefficient (Wildman–Crippen LogP) is 1.74. The molecule has 0 N–H and O–H groups in total. The summed E-state index contributed by atoms with van der Waals surface area (Å²) in [6.07, 6.45) is 6.25. The second-order valence-corrected chi connectivity index (χ2v) is 3.57. The average molecular weight is 192 g/mol. The van der Waals surface area contributed by atoms with Crippen LogP contribution in [0.4, 0.5) is 0 Å². The molecule has 1 aromatic carbocycles. The lowest BCUT2D eigenvalue weighted by molar-refractivity contribution is 0.707. The predicted molar refractivity (Wildman–Crippen MR) is 58.5 cm³/mol. The van der Waals surface area contributed by atoms with Crippen molar-refractivity contribution in [3.63, 3.8) is 0 Å². The summed E-state index contributed by atoms with van der Waals surface area (Å²) < 4.78 is 0. The molecule has 14 heavy (non-hydrogen) atoms. The van der Waals surface area contributed by atoms with Crippen LogP contribution >= 0.6 is 0 Å². The highest BCUT2D eigenvalue weighted by Gasteiger charge is 2.18. The van der Waals surface area contributed by atoms with Crippen LogP contribution in [0.15, 0.2) is 22.2 Å². The van der Waals surface area contributed by atoms with Crippen molar-refractivity contribution in [2.24, 2.45) is 0 Å². The maximum Gasteiger partial charge on any atom is 0.229 e. The van der Waals surface area contributed by atoms with Crippen molar-refractivity contribution in [3.8, 4) is 0 Å². The maximum atomic E-state index is 11.2. The molecular formula is C12H16O2.